The highest BCUT2D eigenvalue weighted by molar-refractivity contribution is 6.50. The molecule has 0 saturated carbocycles. The van der Waals surface area contributed by atoms with E-state index in [0.29, 0.717) is 16.5 Å². The van der Waals surface area contributed by atoms with Crippen LogP contribution in [0.25, 0.3) is 22.0 Å². The zero-order chi connectivity index (χ0) is 19.4. The number of ether oxygens (including phenoxy) is 2. The van der Waals surface area contributed by atoms with Crippen LogP contribution < -0.4 is 15.1 Å². The maximum absolute atomic E-state index is 12.5. The van der Waals surface area contributed by atoms with E-state index in [4.69, 9.17) is 20.8 Å². The Kier molecular flexibility index (Phi) is 5.71. The third kappa shape index (κ3) is 4.43. The Labute approximate surface area is 157 Å². The summed E-state index contributed by atoms with van der Waals surface area (Å²) in [4.78, 5) is 16.3. The number of rotatable bonds is 6. The highest BCUT2D eigenvalue weighted by Crippen LogP contribution is 2.31. The summed E-state index contributed by atoms with van der Waals surface area (Å²) in [6, 6.07) is 11.1. The average Bonchev–Trinajstić information content (AvgIpc) is 2.63. The molecule has 0 saturated heterocycles. The summed E-state index contributed by atoms with van der Waals surface area (Å²) < 4.78 is 39.9. The summed E-state index contributed by atoms with van der Waals surface area (Å²) in [5, 5.41) is 0.417. The van der Waals surface area contributed by atoms with Crippen molar-refractivity contribution in [3.63, 3.8) is 0 Å². The van der Waals surface area contributed by atoms with E-state index in [1.165, 1.54) is 24.3 Å². The molecule has 0 aliphatic rings. The molecule has 8 heteroatoms. The van der Waals surface area contributed by atoms with Crippen molar-refractivity contribution < 1.29 is 22.7 Å². The second-order valence-electron chi connectivity index (χ2n) is 5.33. The van der Waals surface area contributed by atoms with Gasteiger partial charge in [0.2, 0.25) is 5.89 Å². The van der Waals surface area contributed by atoms with Crippen LogP contribution in [0.4, 0.5) is 8.78 Å². The molecule has 0 radical (unpaired) electrons. The lowest BCUT2D eigenvalue weighted by atomic mass is 10.2. The topological polar surface area (TPSA) is 61.6 Å². The molecule has 140 valence electrons. The number of hydrogen-bond acceptors (Lipinski definition) is 5. The molecule has 0 unspecified atom stereocenters. The van der Waals surface area contributed by atoms with Gasteiger partial charge in [0.25, 0.3) is 0 Å². The molecule has 0 bridgehead atoms. The number of alkyl halides is 2. The van der Waals surface area contributed by atoms with Crippen LogP contribution in [0.15, 0.2) is 51.7 Å². The van der Waals surface area contributed by atoms with Gasteiger partial charge in [-0.15, -0.1) is 0 Å². The number of fused-ring (bicyclic) bond motifs is 1. The van der Waals surface area contributed by atoms with Crippen LogP contribution in [0.3, 0.4) is 0 Å². The first-order chi connectivity index (χ1) is 13.0. The minimum atomic E-state index is -2.97. The number of hydrogen-bond donors (Lipinski definition) is 0. The molecule has 0 atom stereocenters. The zero-order valence-corrected chi connectivity index (χ0v) is 14.9. The summed E-state index contributed by atoms with van der Waals surface area (Å²) in [5.41, 5.74) is 0.423. The largest absolute Gasteiger partial charge is 0.490 e. The molecule has 0 spiro atoms. The molecule has 5 nitrogen and oxygen atoms in total. The second-order valence-corrected chi connectivity index (χ2v) is 5.74. The van der Waals surface area contributed by atoms with Crippen molar-refractivity contribution in [3.8, 4) is 11.5 Å². The van der Waals surface area contributed by atoms with E-state index in [9.17, 15) is 13.6 Å². The van der Waals surface area contributed by atoms with Crippen LogP contribution in [-0.4, -0.2) is 18.2 Å². The van der Waals surface area contributed by atoms with E-state index in [2.05, 4.69) is 9.72 Å². The van der Waals surface area contributed by atoms with Crippen LogP contribution in [-0.2, 0) is 0 Å². The molecular formula is C19H14ClF2NO4. The van der Waals surface area contributed by atoms with Gasteiger partial charge in [-0.3, -0.25) is 0 Å². The van der Waals surface area contributed by atoms with Crippen molar-refractivity contribution in [2.24, 2.45) is 0 Å². The normalized spacial score (nSPS) is 11.8. The molecule has 1 heterocycles. The Hall–Kier alpha value is -2.93. The van der Waals surface area contributed by atoms with Gasteiger partial charge in [-0.1, -0.05) is 29.8 Å². The lowest BCUT2D eigenvalue weighted by Gasteiger charge is -2.11. The quantitative estimate of drug-likeness (QED) is 0.594. The lowest BCUT2D eigenvalue weighted by molar-refractivity contribution is -0.0514. The van der Waals surface area contributed by atoms with Crippen molar-refractivity contribution in [2.75, 3.05) is 6.61 Å². The minimum absolute atomic E-state index is 0.0498. The SMILES string of the molecule is CCOc1cc(/C=C(\Cl)c2nc3ccccc3c(=O)o2)ccc1OC(F)F. The predicted octanol–water partition coefficient (Wildman–Crippen LogP) is 4.93. The summed E-state index contributed by atoms with van der Waals surface area (Å²) >= 11 is 6.24. The molecule has 2 aromatic carbocycles. The lowest BCUT2D eigenvalue weighted by Crippen LogP contribution is -2.04. The van der Waals surface area contributed by atoms with Crippen molar-refractivity contribution in [1.82, 2.24) is 4.98 Å². The summed E-state index contributed by atoms with van der Waals surface area (Å²) in [6.07, 6.45) is 1.48. The Morgan fingerprint density at radius 3 is 2.78 bits per heavy atom. The van der Waals surface area contributed by atoms with Gasteiger partial charge in [-0.05, 0) is 42.8 Å². The van der Waals surface area contributed by atoms with Crippen molar-refractivity contribution in [1.29, 1.82) is 0 Å². The number of nitrogens with zero attached hydrogens (tertiary/aromatic N) is 1. The van der Waals surface area contributed by atoms with E-state index in [1.807, 2.05) is 0 Å². The Balaban J connectivity index is 1.98. The summed E-state index contributed by atoms with van der Waals surface area (Å²) in [5.74, 6) is 0.00524. The molecule has 0 fully saturated rings. The maximum Gasteiger partial charge on any atom is 0.387 e. The van der Waals surface area contributed by atoms with Crippen molar-refractivity contribution in [2.45, 2.75) is 13.5 Å². The standard InChI is InChI=1S/C19H14ClF2NO4/c1-2-25-16-10-11(7-8-15(16)26-19(21)22)9-13(20)17-23-14-6-4-3-5-12(14)18(24)27-17/h3-10,19H,2H2,1H3/b13-9-. The number of para-hydroxylation sites is 1. The highest BCUT2D eigenvalue weighted by Gasteiger charge is 2.13. The van der Waals surface area contributed by atoms with Gasteiger partial charge in [-0.25, -0.2) is 9.78 Å². The highest BCUT2D eigenvalue weighted by atomic mass is 35.5. The van der Waals surface area contributed by atoms with Gasteiger partial charge >= 0.3 is 12.2 Å². The van der Waals surface area contributed by atoms with Crippen molar-refractivity contribution in [3.05, 3.63) is 64.3 Å². The van der Waals surface area contributed by atoms with Crippen LogP contribution in [0.1, 0.15) is 18.4 Å². The first-order valence-electron chi connectivity index (χ1n) is 7.97. The van der Waals surface area contributed by atoms with Crippen molar-refractivity contribution >= 4 is 33.6 Å². The number of aromatic nitrogens is 1. The second kappa shape index (κ2) is 8.18. The molecular weight excluding hydrogens is 380 g/mol. The van der Waals surface area contributed by atoms with E-state index in [-0.39, 0.29) is 29.0 Å². The van der Waals surface area contributed by atoms with Crippen LogP contribution in [0, 0.1) is 0 Å². The fourth-order valence-corrected chi connectivity index (χ4v) is 2.61. The van der Waals surface area contributed by atoms with E-state index >= 15 is 0 Å². The number of halogens is 3. The summed E-state index contributed by atoms with van der Waals surface area (Å²) in [7, 11) is 0. The van der Waals surface area contributed by atoms with Gasteiger partial charge in [0.05, 0.1) is 17.5 Å². The molecule has 0 aliphatic carbocycles. The molecule has 0 amide bonds. The van der Waals surface area contributed by atoms with Gasteiger partial charge in [0.15, 0.2) is 11.5 Å². The Morgan fingerprint density at radius 1 is 1.26 bits per heavy atom. The Morgan fingerprint density at radius 2 is 2.04 bits per heavy atom. The fraction of sp³-hybridized carbons (Fsp3) is 0.158. The molecule has 3 aromatic rings. The molecule has 27 heavy (non-hydrogen) atoms. The first kappa shape index (κ1) is 18.8. The molecule has 0 aliphatic heterocycles. The van der Waals surface area contributed by atoms with E-state index in [1.54, 1.807) is 31.2 Å². The van der Waals surface area contributed by atoms with Gasteiger partial charge in [0.1, 0.15) is 5.03 Å². The zero-order valence-electron chi connectivity index (χ0n) is 14.1. The van der Waals surface area contributed by atoms with Crippen LogP contribution >= 0.6 is 11.6 Å². The van der Waals surface area contributed by atoms with Gasteiger partial charge in [-0.2, -0.15) is 8.78 Å². The summed E-state index contributed by atoms with van der Waals surface area (Å²) in [6.45, 7) is -0.984. The molecule has 3 rings (SSSR count). The fourth-order valence-electron chi connectivity index (χ4n) is 2.41. The maximum atomic E-state index is 12.5. The van der Waals surface area contributed by atoms with Gasteiger partial charge in [0, 0.05) is 0 Å². The smallest absolute Gasteiger partial charge is 0.387 e. The minimum Gasteiger partial charge on any atom is -0.490 e. The first-order valence-corrected chi connectivity index (χ1v) is 8.35. The van der Waals surface area contributed by atoms with Crippen LogP contribution in [0.2, 0.25) is 0 Å². The third-order valence-electron chi connectivity index (χ3n) is 3.52. The third-order valence-corrected chi connectivity index (χ3v) is 3.79. The van der Waals surface area contributed by atoms with E-state index < -0.39 is 12.2 Å². The monoisotopic (exact) mass is 393 g/mol. The van der Waals surface area contributed by atoms with E-state index in [0.717, 1.165) is 0 Å². The average molecular weight is 394 g/mol. The Bertz CT molecular complexity index is 1050. The molecule has 1 aromatic heterocycles. The van der Waals surface area contributed by atoms with Gasteiger partial charge < -0.3 is 13.9 Å². The molecule has 0 N–H and O–H groups in total. The predicted molar refractivity (Wildman–Crippen MR) is 98.2 cm³/mol. The number of benzene rings is 2. The van der Waals surface area contributed by atoms with Crippen LogP contribution in [0.5, 0.6) is 11.5 Å².